The van der Waals surface area contributed by atoms with Crippen molar-refractivity contribution in [2.45, 2.75) is 19.4 Å². The highest BCUT2D eigenvalue weighted by Crippen LogP contribution is 2.40. The second-order valence-corrected chi connectivity index (χ2v) is 8.05. The summed E-state index contributed by atoms with van der Waals surface area (Å²) in [6, 6.07) is 11.1. The van der Waals surface area contributed by atoms with Crippen LogP contribution in [0.3, 0.4) is 0 Å². The molecule has 4 rings (SSSR count). The van der Waals surface area contributed by atoms with Gasteiger partial charge in [0.25, 0.3) is 5.56 Å². The van der Waals surface area contributed by atoms with Crippen molar-refractivity contribution in [1.82, 2.24) is 4.57 Å². The highest BCUT2D eigenvalue weighted by Gasteiger charge is 2.34. The molecule has 2 aromatic rings. The minimum absolute atomic E-state index is 0.0179. The molecule has 7 nitrogen and oxygen atoms in total. The summed E-state index contributed by atoms with van der Waals surface area (Å²) >= 11 is 6.19. The molecule has 156 valence electrons. The number of nitrogens with one attached hydrogen (secondary N) is 1. The predicted molar refractivity (Wildman–Crippen MR) is 113 cm³/mol. The Hall–Kier alpha value is -2.79. The molecule has 0 amide bonds. The zero-order valence-electron chi connectivity index (χ0n) is 16.8. The number of allylic oxidation sites excluding steroid dienone is 1. The lowest BCUT2D eigenvalue weighted by Gasteiger charge is -2.28. The first-order valence-corrected chi connectivity index (χ1v) is 10.4. The lowest BCUT2D eigenvalue weighted by molar-refractivity contribution is -0.908. The fourth-order valence-corrected chi connectivity index (χ4v) is 4.36. The molecule has 0 spiro atoms. The summed E-state index contributed by atoms with van der Waals surface area (Å²) in [6.07, 6.45) is 0. The Labute approximate surface area is 179 Å². The van der Waals surface area contributed by atoms with E-state index in [4.69, 9.17) is 26.8 Å². The SMILES string of the molecule is Cc1cc2c(c(=O)n1CC[NH+]1CCOCC1)[C@@H](c1cccc(Cl)c1)C(C#N)=C(N)O2. The quantitative estimate of drug-likeness (QED) is 0.757. The van der Waals surface area contributed by atoms with E-state index in [1.165, 1.54) is 4.90 Å². The van der Waals surface area contributed by atoms with Gasteiger partial charge in [0.1, 0.15) is 30.5 Å². The molecule has 0 unspecified atom stereocenters. The van der Waals surface area contributed by atoms with Crippen LogP contribution in [0.2, 0.25) is 5.02 Å². The van der Waals surface area contributed by atoms with Crippen molar-refractivity contribution >= 4 is 11.6 Å². The lowest BCUT2D eigenvalue weighted by Crippen LogP contribution is -3.14. The summed E-state index contributed by atoms with van der Waals surface area (Å²) in [4.78, 5) is 15.0. The van der Waals surface area contributed by atoms with Crippen LogP contribution in [-0.2, 0) is 11.3 Å². The second-order valence-electron chi connectivity index (χ2n) is 7.61. The summed E-state index contributed by atoms with van der Waals surface area (Å²) in [5.41, 5.74) is 8.05. The summed E-state index contributed by atoms with van der Waals surface area (Å²) in [5.74, 6) is -0.203. The van der Waals surface area contributed by atoms with Crippen molar-refractivity contribution in [3.05, 3.63) is 74.0 Å². The van der Waals surface area contributed by atoms with E-state index in [2.05, 4.69) is 6.07 Å². The van der Waals surface area contributed by atoms with E-state index >= 15 is 0 Å². The topological polar surface area (TPSA) is 94.7 Å². The van der Waals surface area contributed by atoms with Gasteiger partial charge in [0.2, 0.25) is 5.88 Å². The predicted octanol–water partition coefficient (Wildman–Crippen LogP) is 0.943. The molecule has 1 aromatic carbocycles. The van der Waals surface area contributed by atoms with Crippen molar-refractivity contribution in [3.8, 4) is 11.8 Å². The number of hydrogen-bond acceptors (Lipinski definition) is 5. The largest absolute Gasteiger partial charge is 0.440 e. The van der Waals surface area contributed by atoms with Gasteiger partial charge in [-0.3, -0.25) is 4.79 Å². The van der Waals surface area contributed by atoms with E-state index in [9.17, 15) is 10.1 Å². The molecule has 1 saturated heterocycles. The Morgan fingerprint density at radius 1 is 1.33 bits per heavy atom. The number of morpholine rings is 1. The molecule has 0 radical (unpaired) electrons. The highest BCUT2D eigenvalue weighted by molar-refractivity contribution is 6.30. The van der Waals surface area contributed by atoms with Crippen LogP contribution >= 0.6 is 11.6 Å². The molecule has 0 bridgehead atoms. The number of aryl methyl sites for hydroxylation is 1. The smallest absolute Gasteiger partial charge is 0.258 e. The van der Waals surface area contributed by atoms with E-state index in [0.717, 1.165) is 44.1 Å². The van der Waals surface area contributed by atoms with Gasteiger partial charge in [-0.15, -0.1) is 0 Å². The number of rotatable bonds is 4. The Bertz CT molecular complexity index is 1100. The first-order valence-electron chi connectivity index (χ1n) is 9.98. The third-order valence-corrected chi connectivity index (χ3v) is 6.00. The molecule has 1 fully saturated rings. The summed E-state index contributed by atoms with van der Waals surface area (Å²) in [5, 5.41) is 10.3. The first-order chi connectivity index (χ1) is 14.5. The number of pyridine rings is 1. The molecule has 2 aliphatic heterocycles. The van der Waals surface area contributed by atoms with Gasteiger partial charge in [0, 0.05) is 16.8 Å². The van der Waals surface area contributed by atoms with Gasteiger partial charge in [0.15, 0.2) is 0 Å². The van der Waals surface area contributed by atoms with Gasteiger partial charge in [-0.1, -0.05) is 23.7 Å². The van der Waals surface area contributed by atoms with Gasteiger partial charge >= 0.3 is 0 Å². The third kappa shape index (κ3) is 3.82. The van der Waals surface area contributed by atoms with Crippen LogP contribution in [0.5, 0.6) is 5.75 Å². The molecule has 0 aliphatic carbocycles. The Kier molecular flexibility index (Phi) is 5.82. The molecule has 1 aromatic heterocycles. The van der Waals surface area contributed by atoms with E-state index < -0.39 is 5.92 Å². The number of quaternary nitrogens is 1. The van der Waals surface area contributed by atoms with Crippen LogP contribution in [0.15, 0.2) is 46.6 Å². The summed E-state index contributed by atoms with van der Waals surface area (Å²) < 4.78 is 12.9. The third-order valence-electron chi connectivity index (χ3n) is 5.76. The number of ether oxygens (including phenoxy) is 2. The number of fused-ring (bicyclic) bond motifs is 1. The maximum Gasteiger partial charge on any atom is 0.258 e. The van der Waals surface area contributed by atoms with Crippen LogP contribution in [-0.4, -0.2) is 37.4 Å². The monoisotopic (exact) mass is 427 g/mol. The van der Waals surface area contributed by atoms with E-state index in [0.29, 0.717) is 22.9 Å². The summed E-state index contributed by atoms with van der Waals surface area (Å²) in [7, 11) is 0. The summed E-state index contributed by atoms with van der Waals surface area (Å²) in [6.45, 7) is 6.65. The van der Waals surface area contributed by atoms with Crippen molar-refractivity contribution < 1.29 is 14.4 Å². The Balaban J connectivity index is 1.78. The number of halogens is 1. The van der Waals surface area contributed by atoms with Gasteiger partial charge in [-0.05, 0) is 24.6 Å². The second kappa shape index (κ2) is 8.52. The van der Waals surface area contributed by atoms with E-state index in [1.54, 1.807) is 22.8 Å². The average molecular weight is 428 g/mol. The Morgan fingerprint density at radius 2 is 2.10 bits per heavy atom. The zero-order valence-corrected chi connectivity index (χ0v) is 17.5. The molecule has 3 N–H and O–H groups in total. The van der Waals surface area contributed by atoms with Crippen molar-refractivity contribution in [2.24, 2.45) is 5.73 Å². The Morgan fingerprint density at radius 3 is 2.80 bits per heavy atom. The lowest BCUT2D eigenvalue weighted by atomic mass is 9.84. The van der Waals surface area contributed by atoms with Gasteiger partial charge < -0.3 is 24.7 Å². The molecular weight excluding hydrogens is 404 g/mol. The zero-order chi connectivity index (χ0) is 21.3. The first kappa shape index (κ1) is 20.5. The van der Waals surface area contributed by atoms with Gasteiger partial charge in [0.05, 0.1) is 37.8 Å². The van der Waals surface area contributed by atoms with Crippen molar-refractivity contribution in [1.29, 1.82) is 5.26 Å². The number of aromatic nitrogens is 1. The maximum atomic E-state index is 13.6. The number of hydrogen-bond donors (Lipinski definition) is 2. The van der Waals surface area contributed by atoms with Gasteiger partial charge in [-0.2, -0.15) is 5.26 Å². The normalized spacial score (nSPS) is 19.2. The van der Waals surface area contributed by atoms with Gasteiger partial charge in [-0.25, -0.2) is 0 Å². The fourth-order valence-electron chi connectivity index (χ4n) is 4.16. The average Bonchev–Trinajstić information content (AvgIpc) is 2.73. The van der Waals surface area contributed by atoms with Crippen LogP contribution < -0.4 is 20.9 Å². The van der Waals surface area contributed by atoms with Crippen molar-refractivity contribution in [3.63, 3.8) is 0 Å². The van der Waals surface area contributed by atoms with Crippen LogP contribution in [0.1, 0.15) is 22.7 Å². The molecule has 2 aliphatic rings. The number of nitriles is 1. The number of nitrogens with zero attached hydrogens (tertiary/aromatic N) is 2. The molecule has 8 heteroatoms. The standard InChI is InChI=1S/C22H23ClN4O3/c1-14-11-18-20(22(28)27(14)6-5-26-7-9-29-10-8-26)19(17(13-24)21(25)30-18)15-3-2-4-16(23)12-15/h2-4,11-12,19H,5-10,25H2,1H3/p+1/t19-/m0/s1. The van der Waals surface area contributed by atoms with Crippen LogP contribution in [0.4, 0.5) is 0 Å². The van der Waals surface area contributed by atoms with Crippen LogP contribution in [0, 0.1) is 18.3 Å². The minimum atomic E-state index is -0.618. The molecule has 30 heavy (non-hydrogen) atoms. The maximum absolute atomic E-state index is 13.6. The fraction of sp³-hybridized carbons (Fsp3) is 0.364. The molecule has 3 heterocycles. The molecular formula is C22H24ClN4O3+. The van der Waals surface area contributed by atoms with E-state index in [1.807, 2.05) is 19.1 Å². The molecule has 1 atom stereocenters. The van der Waals surface area contributed by atoms with E-state index in [-0.39, 0.29) is 17.0 Å². The highest BCUT2D eigenvalue weighted by atomic mass is 35.5. The number of nitrogens with two attached hydrogens (primary N) is 1. The van der Waals surface area contributed by atoms with Crippen LogP contribution in [0.25, 0.3) is 0 Å². The minimum Gasteiger partial charge on any atom is -0.440 e. The molecule has 0 saturated carbocycles. The number of benzene rings is 1. The van der Waals surface area contributed by atoms with Crippen molar-refractivity contribution in [2.75, 3.05) is 32.8 Å².